The molecule has 1 unspecified atom stereocenters. The Kier molecular flexibility index (Phi) is 5.27. The number of nitrogens with one attached hydrogen (secondary N) is 1. The number of nitrogens with zero attached hydrogens (tertiary/aromatic N) is 4. The molecule has 10 heteroatoms. The topological polar surface area (TPSA) is 106 Å². The van der Waals surface area contributed by atoms with Gasteiger partial charge < -0.3 is 30.3 Å². The Morgan fingerprint density at radius 1 is 1.28 bits per heavy atom. The number of hydrogen-bond acceptors (Lipinski definition) is 8. The molecule has 1 atom stereocenters. The molecule has 2 aliphatic heterocycles. The number of carbonyl (C=O) groups is 1. The number of rotatable bonds is 5. The van der Waals surface area contributed by atoms with Crippen LogP contribution in [0.4, 0.5) is 16.2 Å². The number of methoxy groups -OCH3 is 2. The third-order valence-corrected chi connectivity index (χ3v) is 5.56. The minimum absolute atomic E-state index is 0.0240. The number of aromatic nitrogens is 2. The summed E-state index contributed by atoms with van der Waals surface area (Å²) in [6.45, 7) is 3.25. The number of halogens is 1. The summed E-state index contributed by atoms with van der Waals surface area (Å²) >= 11 is 0. The Balaban J connectivity index is 1.54. The number of nitrogens with two attached hydrogens (primary N) is 1. The molecule has 0 spiro atoms. The van der Waals surface area contributed by atoms with Crippen LogP contribution >= 0.6 is 0 Å². The summed E-state index contributed by atoms with van der Waals surface area (Å²) in [6, 6.07) is 1.88. The third-order valence-electron chi connectivity index (χ3n) is 5.56. The predicted octanol–water partition coefficient (Wildman–Crippen LogP) is 0.769. The van der Waals surface area contributed by atoms with Gasteiger partial charge >= 0.3 is 0 Å². The summed E-state index contributed by atoms with van der Waals surface area (Å²) in [4.78, 5) is 24.9. The van der Waals surface area contributed by atoms with Gasteiger partial charge in [-0.05, 0) is 19.0 Å². The van der Waals surface area contributed by atoms with Crippen LogP contribution in [0, 0.1) is 5.82 Å². The molecule has 3 heterocycles. The van der Waals surface area contributed by atoms with Crippen molar-refractivity contribution in [2.45, 2.75) is 18.9 Å². The maximum atomic E-state index is 14.9. The fourth-order valence-corrected chi connectivity index (χ4v) is 3.70. The highest BCUT2D eigenvalue weighted by molar-refractivity contribution is 5.92. The maximum Gasteiger partial charge on any atom is 0.228 e. The number of piperazine rings is 1. The van der Waals surface area contributed by atoms with E-state index in [1.54, 1.807) is 6.07 Å². The first-order valence-electron chi connectivity index (χ1n) is 9.65. The number of amides is 1. The number of nitrogen functional groups attached to an aromatic ring is 1. The number of ether oxygens (including phenoxy) is 2. The second kappa shape index (κ2) is 7.86. The van der Waals surface area contributed by atoms with Crippen LogP contribution in [0.25, 0.3) is 10.9 Å². The molecule has 29 heavy (non-hydrogen) atoms. The Bertz CT molecular complexity index is 928. The van der Waals surface area contributed by atoms with Crippen LogP contribution in [-0.4, -0.2) is 73.8 Å². The van der Waals surface area contributed by atoms with Crippen molar-refractivity contribution in [1.29, 1.82) is 0 Å². The van der Waals surface area contributed by atoms with Crippen LogP contribution in [0.5, 0.6) is 11.5 Å². The standard InChI is InChI=1S/C19H25FN6O3/c1-28-13-10-12-16(15(20)17(13)29-2)23-19(24-18(12)21)26-7-5-25(6-8-26)14(27)9-11-3-4-22-11/h10-11,22H,3-9H2,1-2H3,(H2,21,23,24). The second-order valence-corrected chi connectivity index (χ2v) is 7.24. The average molecular weight is 404 g/mol. The summed E-state index contributed by atoms with van der Waals surface area (Å²) in [7, 11) is 2.80. The zero-order valence-corrected chi connectivity index (χ0v) is 16.6. The smallest absolute Gasteiger partial charge is 0.228 e. The molecule has 4 rings (SSSR count). The molecule has 1 amide bonds. The molecule has 2 aliphatic rings. The van der Waals surface area contributed by atoms with Crippen molar-refractivity contribution < 1.29 is 18.7 Å². The Labute approximate surface area is 168 Å². The highest BCUT2D eigenvalue weighted by atomic mass is 19.1. The molecule has 3 N–H and O–H groups in total. The summed E-state index contributed by atoms with van der Waals surface area (Å²) in [6.07, 6.45) is 1.59. The van der Waals surface area contributed by atoms with Crippen LogP contribution in [-0.2, 0) is 4.79 Å². The first-order valence-corrected chi connectivity index (χ1v) is 9.65. The van der Waals surface area contributed by atoms with Gasteiger partial charge in [0.15, 0.2) is 17.3 Å². The Hall–Kier alpha value is -2.88. The molecule has 0 bridgehead atoms. The summed E-state index contributed by atoms with van der Waals surface area (Å²) in [5, 5.41) is 3.62. The lowest BCUT2D eigenvalue weighted by Gasteiger charge is -2.36. The second-order valence-electron chi connectivity index (χ2n) is 7.24. The van der Waals surface area contributed by atoms with Crippen molar-refractivity contribution in [1.82, 2.24) is 20.2 Å². The van der Waals surface area contributed by atoms with Gasteiger partial charge in [0.05, 0.1) is 14.2 Å². The minimum Gasteiger partial charge on any atom is -0.493 e. The fraction of sp³-hybridized carbons (Fsp3) is 0.526. The lowest BCUT2D eigenvalue weighted by Crippen LogP contribution is -2.52. The van der Waals surface area contributed by atoms with Gasteiger partial charge in [0, 0.05) is 44.0 Å². The fourth-order valence-electron chi connectivity index (χ4n) is 3.70. The molecule has 0 saturated carbocycles. The third kappa shape index (κ3) is 3.59. The molecule has 9 nitrogen and oxygen atoms in total. The molecule has 0 radical (unpaired) electrons. The van der Waals surface area contributed by atoms with E-state index in [4.69, 9.17) is 15.2 Å². The molecule has 1 aromatic heterocycles. The van der Waals surface area contributed by atoms with Gasteiger partial charge in [0.1, 0.15) is 11.3 Å². The highest BCUT2D eigenvalue weighted by Gasteiger charge is 2.27. The van der Waals surface area contributed by atoms with Crippen LogP contribution in [0.2, 0.25) is 0 Å². The molecular formula is C19H25FN6O3. The SMILES string of the molecule is COc1cc2c(N)nc(N3CCN(C(=O)CC4CCN4)CC3)nc2c(F)c1OC. The van der Waals surface area contributed by atoms with Crippen LogP contribution in [0.1, 0.15) is 12.8 Å². The van der Waals surface area contributed by atoms with Gasteiger partial charge in [0.2, 0.25) is 11.9 Å². The summed E-state index contributed by atoms with van der Waals surface area (Å²) in [5.74, 6) is 0.230. The molecule has 2 saturated heterocycles. The van der Waals surface area contributed by atoms with Gasteiger partial charge in [-0.1, -0.05) is 0 Å². The average Bonchev–Trinajstić information content (AvgIpc) is 2.70. The van der Waals surface area contributed by atoms with Gasteiger partial charge in [-0.3, -0.25) is 4.79 Å². The molecule has 2 fully saturated rings. The first-order chi connectivity index (χ1) is 14.0. The molecule has 2 aromatic rings. The molecule has 156 valence electrons. The summed E-state index contributed by atoms with van der Waals surface area (Å²) < 4.78 is 25.2. The quantitative estimate of drug-likeness (QED) is 0.753. The van der Waals surface area contributed by atoms with Crippen molar-refractivity contribution >= 4 is 28.6 Å². The maximum absolute atomic E-state index is 14.9. The number of fused-ring (bicyclic) bond motifs is 1. The van der Waals surface area contributed by atoms with Crippen LogP contribution < -0.4 is 25.4 Å². The predicted molar refractivity (Wildman–Crippen MR) is 107 cm³/mol. The van der Waals surface area contributed by atoms with E-state index in [2.05, 4.69) is 15.3 Å². The molecule has 0 aliphatic carbocycles. The van der Waals surface area contributed by atoms with Gasteiger partial charge in [0.25, 0.3) is 0 Å². The van der Waals surface area contributed by atoms with E-state index in [-0.39, 0.29) is 28.7 Å². The number of benzene rings is 1. The van der Waals surface area contributed by atoms with Gasteiger partial charge in [-0.2, -0.15) is 4.98 Å². The van der Waals surface area contributed by atoms with Crippen molar-refractivity contribution in [3.05, 3.63) is 11.9 Å². The Morgan fingerprint density at radius 2 is 2.00 bits per heavy atom. The molecular weight excluding hydrogens is 379 g/mol. The number of anilines is 2. The monoisotopic (exact) mass is 404 g/mol. The van der Waals surface area contributed by atoms with Gasteiger partial charge in [-0.25, -0.2) is 9.37 Å². The van der Waals surface area contributed by atoms with E-state index < -0.39 is 5.82 Å². The molecule has 1 aromatic carbocycles. The number of hydrogen-bond donors (Lipinski definition) is 2. The van der Waals surface area contributed by atoms with Crippen molar-refractivity contribution in [3.8, 4) is 11.5 Å². The number of carbonyl (C=O) groups excluding carboxylic acids is 1. The highest BCUT2D eigenvalue weighted by Crippen LogP contribution is 2.37. The zero-order chi connectivity index (χ0) is 20.5. The van der Waals surface area contributed by atoms with Crippen LogP contribution in [0.3, 0.4) is 0 Å². The lowest BCUT2D eigenvalue weighted by atomic mass is 10.0. The summed E-state index contributed by atoms with van der Waals surface area (Å²) in [5.41, 5.74) is 6.17. The largest absolute Gasteiger partial charge is 0.493 e. The van der Waals surface area contributed by atoms with Gasteiger partial charge in [-0.15, -0.1) is 0 Å². The van der Waals surface area contributed by atoms with E-state index in [0.29, 0.717) is 50.0 Å². The minimum atomic E-state index is -0.640. The normalized spacial score (nSPS) is 19.2. The van der Waals surface area contributed by atoms with E-state index >= 15 is 0 Å². The van der Waals surface area contributed by atoms with E-state index in [1.807, 2.05) is 9.80 Å². The van der Waals surface area contributed by atoms with E-state index in [9.17, 15) is 9.18 Å². The Morgan fingerprint density at radius 3 is 2.59 bits per heavy atom. The van der Waals surface area contributed by atoms with Crippen molar-refractivity contribution in [2.75, 3.05) is 57.6 Å². The zero-order valence-electron chi connectivity index (χ0n) is 16.6. The lowest BCUT2D eigenvalue weighted by molar-refractivity contribution is -0.132. The van der Waals surface area contributed by atoms with E-state index in [0.717, 1.165) is 13.0 Å². The van der Waals surface area contributed by atoms with Crippen LogP contribution in [0.15, 0.2) is 6.07 Å². The van der Waals surface area contributed by atoms with Crippen molar-refractivity contribution in [3.63, 3.8) is 0 Å². The van der Waals surface area contributed by atoms with Crippen molar-refractivity contribution in [2.24, 2.45) is 0 Å². The first kappa shape index (κ1) is 19.4. The van der Waals surface area contributed by atoms with E-state index in [1.165, 1.54) is 14.2 Å².